The van der Waals surface area contributed by atoms with E-state index in [9.17, 15) is 14.0 Å². The fourth-order valence-electron chi connectivity index (χ4n) is 3.74. The van der Waals surface area contributed by atoms with Gasteiger partial charge in [0, 0.05) is 37.8 Å². The zero-order chi connectivity index (χ0) is 22.5. The highest BCUT2D eigenvalue weighted by Crippen LogP contribution is 2.22. The smallest absolute Gasteiger partial charge is 0.260 e. The number of amides is 2. The van der Waals surface area contributed by atoms with E-state index < -0.39 is 0 Å². The fraction of sp³-hybridized carbons (Fsp3) is 0.292. The van der Waals surface area contributed by atoms with Gasteiger partial charge in [-0.3, -0.25) is 19.5 Å². The minimum atomic E-state index is -0.352. The average Bonchev–Trinajstić information content (AvgIpc) is 2.83. The molecule has 0 aliphatic carbocycles. The van der Waals surface area contributed by atoms with Crippen molar-refractivity contribution in [1.29, 1.82) is 0 Å². The van der Waals surface area contributed by atoms with Crippen molar-refractivity contribution in [2.75, 3.05) is 38.1 Å². The Morgan fingerprint density at radius 3 is 2.56 bits per heavy atom. The maximum atomic E-state index is 13.0. The first-order valence-corrected chi connectivity index (χ1v) is 10.6. The van der Waals surface area contributed by atoms with Crippen LogP contribution in [0.4, 0.5) is 10.1 Å². The molecule has 2 heterocycles. The molecule has 1 aliphatic rings. The van der Waals surface area contributed by atoms with E-state index in [1.807, 2.05) is 37.3 Å². The van der Waals surface area contributed by atoms with Gasteiger partial charge in [0.2, 0.25) is 5.91 Å². The van der Waals surface area contributed by atoms with Crippen molar-refractivity contribution in [3.63, 3.8) is 0 Å². The van der Waals surface area contributed by atoms with E-state index in [1.165, 1.54) is 24.3 Å². The lowest BCUT2D eigenvalue weighted by Gasteiger charge is -2.37. The first-order chi connectivity index (χ1) is 15.5. The molecule has 1 aliphatic heterocycles. The van der Waals surface area contributed by atoms with Crippen LogP contribution < -0.4 is 10.1 Å². The van der Waals surface area contributed by atoms with Crippen LogP contribution in [0.15, 0.2) is 60.8 Å². The highest BCUT2D eigenvalue weighted by molar-refractivity contribution is 6.02. The first kappa shape index (κ1) is 21.7. The number of pyridine rings is 1. The number of aromatic nitrogens is 1. The Bertz CT molecular complexity index is 1090. The second kappa shape index (κ2) is 9.74. The zero-order valence-electron chi connectivity index (χ0n) is 17.8. The van der Waals surface area contributed by atoms with Gasteiger partial charge in [-0.25, -0.2) is 4.39 Å². The first-order valence-electron chi connectivity index (χ1n) is 10.6. The van der Waals surface area contributed by atoms with Crippen LogP contribution in [-0.2, 0) is 9.59 Å². The Labute approximate surface area is 185 Å². The van der Waals surface area contributed by atoms with E-state index in [4.69, 9.17) is 4.74 Å². The number of anilines is 1. The van der Waals surface area contributed by atoms with Crippen molar-refractivity contribution in [2.45, 2.75) is 13.0 Å². The number of rotatable bonds is 6. The molecule has 0 radical (unpaired) electrons. The molecule has 0 saturated carbocycles. The van der Waals surface area contributed by atoms with Crippen LogP contribution >= 0.6 is 0 Å². The van der Waals surface area contributed by atoms with E-state index in [1.54, 1.807) is 11.1 Å². The summed E-state index contributed by atoms with van der Waals surface area (Å²) in [6, 6.07) is 14.7. The van der Waals surface area contributed by atoms with Crippen LogP contribution in [0.3, 0.4) is 0 Å². The van der Waals surface area contributed by atoms with Gasteiger partial charge in [-0.15, -0.1) is 0 Å². The number of halogens is 1. The summed E-state index contributed by atoms with van der Waals surface area (Å²) >= 11 is 0. The van der Waals surface area contributed by atoms with Gasteiger partial charge in [0.1, 0.15) is 11.6 Å². The van der Waals surface area contributed by atoms with Crippen molar-refractivity contribution in [2.24, 2.45) is 0 Å². The summed E-state index contributed by atoms with van der Waals surface area (Å²) in [5.74, 6) is -0.127. The highest BCUT2D eigenvalue weighted by Gasteiger charge is 2.28. The molecule has 1 atom stereocenters. The number of piperazine rings is 1. The Morgan fingerprint density at radius 1 is 1.06 bits per heavy atom. The van der Waals surface area contributed by atoms with Crippen molar-refractivity contribution in [1.82, 2.24) is 14.8 Å². The molecule has 7 nitrogen and oxygen atoms in total. The molecule has 1 aromatic heterocycles. The summed E-state index contributed by atoms with van der Waals surface area (Å²) in [7, 11) is 0. The van der Waals surface area contributed by atoms with Crippen LogP contribution in [0.1, 0.15) is 6.92 Å². The van der Waals surface area contributed by atoms with Crippen molar-refractivity contribution in [3.05, 3.63) is 66.6 Å². The Balaban J connectivity index is 1.28. The fourth-order valence-corrected chi connectivity index (χ4v) is 3.74. The SMILES string of the molecule is CC(C(=O)Nc1cccc2ncccc12)N1CCN(C(=O)COc2ccc(F)cc2)CC1. The number of carbonyl (C=O) groups is 2. The topological polar surface area (TPSA) is 74.8 Å². The summed E-state index contributed by atoms with van der Waals surface area (Å²) in [4.78, 5) is 33.4. The summed E-state index contributed by atoms with van der Waals surface area (Å²) in [5, 5.41) is 3.91. The lowest BCUT2D eigenvalue weighted by molar-refractivity contribution is -0.135. The third kappa shape index (κ3) is 5.03. The van der Waals surface area contributed by atoms with E-state index in [-0.39, 0.29) is 30.3 Å². The van der Waals surface area contributed by atoms with Gasteiger partial charge in [-0.05, 0) is 55.5 Å². The normalized spacial score (nSPS) is 15.4. The molecule has 0 spiro atoms. The van der Waals surface area contributed by atoms with Crippen LogP contribution in [0.2, 0.25) is 0 Å². The molecular formula is C24H25FN4O3. The van der Waals surface area contributed by atoms with Gasteiger partial charge in [0.15, 0.2) is 6.61 Å². The number of fused-ring (bicyclic) bond motifs is 1. The van der Waals surface area contributed by atoms with Crippen LogP contribution in [-0.4, -0.2) is 65.4 Å². The molecule has 2 aromatic carbocycles. The molecule has 1 unspecified atom stereocenters. The van der Waals surface area contributed by atoms with E-state index >= 15 is 0 Å². The highest BCUT2D eigenvalue weighted by atomic mass is 19.1. The Kier molecular flexibility index (Phi) is 6.61. The predicted molar refractivity (Wildman–Crippen MR) is 120 cm³/mol. The summed E-state index contributed by atoms with van der Waals surface area (Å²) < 4.78 is 18.4. The predicted octanol–water partition coefficient (Wildman–Crippen LogP) is 2.92. The molecule has 166 valence electrons. The van der Waals surface area contributed by atoms with Crippen molar-refractivity contribution >= 4 is 28.4 Å². The Morgan fingerprint density at radius 2 is 1.81 bits per heavy atom. The van der Waals surface area contributed by atoms with Crippen molar-refractivity contribution < 1.29 is 18.7 Å². The number of hydrogen-bond donors (Lipinski definition) is 1. The largest absolute Gasteiger partial charge is 0.484 e. The second-order valence-corrected chi connectivity index (χ2v) is 7.70. The molecule has 1 N–H and O–H groups in total. The van der Waals surface area contributed by atoms with Crippen LogP contribution in [0.25, 0.3) is 10.9 Å². The monoisotopic (exact) mass is 436 g/mol. The van der Waals surface area contributed by atoms with E-state index in [0.29, 0.717) is 31.9 Å². The lowest BCUT2D eigenvalue weighted by atomic mass is 10.1. The van der Waals surface area contributed by atoms with Crippen LogP contribution in [0.5, 0.6) is 5.75 Å². The number of nitrogens with zero attached hydrogens (tertiary/aromatic N) is 3. The van der Waals surface area contributed by atoms with Gasteiger partial charge in [0.05, 0.1) is 17.2 Å². The van der Waals surface area contributed by atoms with Gasteiger partial charge < -0.3 is 15.0 Å². The summed E-state index contributed by atoms with van der Waals surface area (Å²) in [6.07, 6.45) is 1.72. The quantitative estimate of drug-likeness (QED) is 0.643. The molecule has 1 saturated heterocycles. The minimum Gasteiger partial charge on any atom is -0.484 e. The lowest BCUT2D eigenvalue weighted by Crippen LogP contribution is -2.54. The van der Waals surface area contributed by atoms with Gasteiger partial charge in [0.25, 0.3) is 5.91 Å². The van der Waals surface area contributed by atoms with Crippen molar-refractivity contribution in [3.8, 4) is 5.75 Å². The summed E-state index contributed by atoms with van der Waals surface area (Å²) in [6.45, 7) is 3.98. The molecule has 1 fully saturated rings. The average molecular weight is 436 g/mol. The van der Waals surface area contributed by atoms with Crippen LogP contribution in [0, 0.1) is 5.82 Å². The second-order valence-electron chi connectivity index (χ2n) is 7.70. The maximum absolute atomic E-state index is 13.0. The van der Waals surface area contributed by atoms with E-state index in [0.717, 1.165) is 16.6 Å². The molecule has 3 aromatic rings. The van der Waals surface area contributed by atoms with Gasteiger partial charge in [-0.1, -0.05) is 6.07 Å². The van der Waals surface area contributed by atoms with E-state index in [2.05, 4.69) is 15.2 Å². The van der Waals surface area contributed by atoms with Gasteiger partial charge in [-0.2, -0.15) is 0 Å². The minimum absolute atomic E-state index is 0.0965. The Hall–Kier alpha value is -3.52. The molecule has 32 heavy (non-hydrogen) atoms. The molecule has 8 heteroatoms. The third-order valence-corrected chi connectivity index (χ3v) is 5.67. The number of nitrogens with one attached hydrogen (secondary N) is 1. The number of carbonyl (C=O) groups excluding carboxylic acids is 2. The standard InChI is InChI=1S/C24H25FN4O3/c1-17(24(31)27-22-6-2-5-21-20(22)4-3-11-26-21)28-12-14-29(15-13-28)23(30)16-32-19-9-7-18(25)8-10-19/h2-11,17H,12-16H2,1H3,(H,27,31). The molecule has 2 amide bonds. The molecule has 4 rings (SSSR count). The third-order valence-electron chi connectivity index (χ3n) is 5.67. The number of hydrogen-bond acceptors (Lipinski definition) is 5. The van der Waals surface area contributed by atoms with Gasteiger partial charge >= 0.3 is 0 Å². The summed E-state index contributed by atoms with van der Waals surface area (Å²) in [5.41, 5.74) is 1.56. The molecule has 0 bridgehead atoms. The number of ether oxygens (including phenoxy) is 1. The number of benzene rings is 2. The molecular weight excluding hydrogens is 411 g/mol. The maximum Gasteiger partial charge on any atom is 0.260 e. The zero-order valence-corrected chi connectivity index (χ0v) is 17.8.